The zero-order valence-electron chi connectivity index (χ0n) is 11.5. The zero-order valence-corrected chi connectivity index (χ0v) is 12.2. The van der Waals surface area contributed by atoms with E-state index in [1.807, 2.05) is 0 Å². The molecule has 112 valence electrons. The molecule has 0 fully saturated rings. The molecule has 22 heavy (non-hydrogen) atoms. The Balaban J connectivity index is 1.78. The lowest BCUT2D eigenvalue weighted by Crippen LogP contribution is -2.43. The van der Waals surface area contributed by atoms with Crippen LogP contribution in [-0.2, 0) is 9.59 Å². The van der Waals surface area contributed by atoms with E-state index in [2.05, 4.69) is 10.3 Å². The van der Waals surface area contributed by atoms with Crippen LogP contribution in [0.4, 0.5) is 11.4 Å². The van der Waals surface area contributed by atoms with Crippen LogP contribution in [0, 0.1) is 0 Å². The molecule has 1 N–H and O–H groups in total. The highest BCUT2D eigenvalue weighted by atomic mass is 35.5. The van der Waals surface area contributed by atoms with Crippen molar-refractivity contribution >= 4 is 34.8 Å². The molecule has 0 unspecified atom stereocenters. The smallest absolute Gasteiger partial charge is 0.265 e. The molecule has 0 radical (unpaired) electrons. The number of hydrogen-bond donors (Lipinski definition) is 1. The molecule has 0 atom stereocenters. The van der Waals surface area contributed by atoms with Crippen molar-refractivity contribution in [3.05, 3.63) is 47.7 Å². The van der Waals surface area contributed by atoms with Gasteiger partial charge in [0.1, 0.15) is 12.3 Å². The van der Waals surface area contributed by atoms with Gasteiger partial charge >= 0.3 is 0 Å². The number of ether oxygens (including phenoxy) is 1. The number of nitrogens with one attached hydrogen (secondary N) is 1. The van der Waals surface area contributed by atoms with Crippen LogP contribution >= 0.6 is 11.6 Å². The second-order valence-corrected chi connectivity index (χ2v) is 5.10. The fourth-order valence-corrected chi connectivity index (χ4v) is 2.29. The molecule has 1 aromatic carbocycles. The Bertz CT molecular complexity index is 721. The highest BCUT2D eigenvalue weighted by Crippen LogP contribution is 2.34. The molecule has 0 spiro atoms. The van der Waals surface area contributed by atoms with Gasteiger partial charge in [-0.1, -0.05) is 11.6 Å². The Morgan fingerprint density at radius 1 is 1.32 bits per heavy atom. The van der Waals surface area contributed by atoms with E-state index >= 15 is 0 Å². The summed E-state index contributed by atoms with van der Waals surface area (Å²) in [6.45, 7) is -0.213. The molecule has 0 aliphatic carbocycles. The molecule has 3 rings (SSSR count). The van der Waals surface area contributed by atoms with E-state index in [0.717, 1.165) is 0 Å². The Morgan fingerprint density at radius 2 is 2.09 bits per heavy atom. The summed E-state index contributed by atoms with van der Waals surface area (Å²) >= 11 is 5.95. The fraction of sp³-hybridized carbons (Fsp3) is 0.133. The SMILES string of the molecule is O=C(CN1C(=O)COc2ccc(Cl)cc21)Nc1ccncc1. The van der Waals surface area contributed by atoms with Gasteiger partial charge in [0.05, 0.1) is 5.69 Å². The summed E-state index contributed by atoms with van der Waals surface area (Å²) in [6, 6.07) is 8.30. The van der Waals surface area contributed by atoms with Gasteiger partial charge in [-0.05, 0) is 30.3 Å². The molecule has 1 aromatic heterocycles. The monoisotopic (exact) mass is 317 g/mol. The number of amides is 2. The minimum absolute atomic E-state index is 0.100. The lowest BCUT2D eigenvalue weighted by atomic mass is 10.2. The lowest BCUT2D eigenvalue weighted by Gasteiger charge is -2.29. The van der Waals surface area contributed by atoms with Crippen LogP contribution < -0.4 is 15.0 Å². The summed E-state index contributed by atoms with van der Waals surface area (Å²) in [6.07, 6.45) is 3.15. The summed E-state index contributed by atoms with van der Waals surface area (Å²) in [7, 11) is 0. The summed E-state index contributed by atoms with van der Waals surface area (Å²) in [4.78, 5) is 29.4. The molecule has 1 aliphatic rings. The van der Waals surface area contributed by atoms with Crippen LogP contribution in [-0.4, -0.2) is 29.9 Å². The average Bonchev–Trinajstić information content (AvgIpc) is 2.51. The maximum absolute atomic E-state index is 12.1. The molecule has 2 heterocycles. The number of aromatic nitrogens is 1. The van der Waals surface area contributed by atoms with Gasteiger partial charge in [-0.3, -0.25) is 19.5 Å². The first-order valence-electron chi connectivity index (χ1n) is 6.56. The third-order valence-corrected chi connectivity index (χ3v) is 3.36. The lowest BCUT2D eigenvalue weighted by molar-refractivity contribution is -0.123. The van der Waals surface area contributed by atoms with Crippen LogP contribution in [0.25, 0.3) is 0 Å². The summed E-state index contributed by atoms with van der Waals surface area (Å²) in [5, 5.41) is 3.18. The van der Waals surface area contributed by atoms with Crippen molar-refractivity contribution in [2.45, 2.75) is 0 Å². The second-order valence-electron chi connectivity index (χ2n) is 4.66. The first-order chi connectivity index (χ1) is 10.6. The van der Waals surface area contributed by atoms with Crippen molar-refractivity contribution in [2.24, 2.45) is 0 Å². The maximum Gasteiger partial charge on any atom is 0.265 e. The molecule has 6 nitrogen and oxygen atoms in total. The molecule has 2 amide bonds. The Kier molecular flexibility index (Phi) is 3.93. The Labute approximate surface area is 131 Å². The van der Waals surface area contributed by atoms with Crippen molar-refractivity contribution in [3.8, 4) is 5.75 Å². The van der Waals surface area contributed by atoms with Crippen LogP contribution in [0.15, 0.2) is 42.7 Å². The normalized spacial score (nSPS) is 13.3. The number of nitrogens with zero attached hydrogens (tertiary/aromatic N) is 2. The highest BCUT2D eigenvalue weighted by molar-refractivity contribution is 6.31. The number of benzene rings is 1. The number of pyridine rings is 1. The highest BCUT2D eigenvalue weighted by Gasteiger charge is 2.27. The Morgan fingerprint density at radius 3 is 2.86 bits per heavy atom. The van der Waals surface area contributed by atoms with E-state index in [0.29, 0.717) is 22.1 Å². The molecule has 0 bridgehead atoms. The average molecular weight is 318 g/mol. The van der Waals surface area contributed by atoms with Crippen LogP contribution in [0.1, 0.15) is 0 Å². The number of carbonyl (C=O) groups is 2. The van der Waals surface area contributed by atoms with Crippen LogP contribution in [0.3, 0.4) is 0 Å². The zero-order chi connectivity index (χ0) is 15.5. The molecule has 0 saturated carbocycles. The van der Waals surface area contributed by atoms with Gasteiger partial charge in [-0.25, -0.2) is 0 Å². The predicted molar refractivity (Wildman–Crippen MR) is 82.2 cm³/mol. The van der Waals surface area contributed by atoms with Gasteiger partial charge < -0.3 is 10.1 Å². The van der Waals surface area contributed by atoms with Crippen molar-refractivity contribution in [2.75, 3.05) is 23.4 Å². The Hall–Kier alpha value is -2.60. The molecule has 0 saturated heterocycles. The first-order valence-corrected chi connectivity index (χ1v) is 6.94. The number of fused-ring (bicyclic) bond motifs is 1. The van der Waals surface area contributed by atoms with Crippen molar-refractivity contribution < 1.29 is 14.3 Å². The summed E-state index contributed by atoms with van der Waals surface area (Å²) in [5.74, 6) is -0.0762. The number of hydrogen-bond acceptors (Lipinski definition) is 4. The van der Waals surface area contributed by atoms with Crippen molar-refractivity contribution in [3.63, 3.8) is 0 Å². The molecule has 1 aliphatic heterocycles. The molecular weight excluding hydrogens is 306 g/mol. The van der Waals surface area contributed by atoms with Crippen molar-refractivity contribution in [1.29, 1.82) is 0 Å². The largest absolute Gasteiger partial charge is 0.482 e. The van der Waals surface area contributed by atoms with Crippen LogP contribution in [0.2, 0.25) is 5.02 Å². The number of anilines is 2. The van der Waals surface area contributed by atoms with E-state index in [1.54, 1.807) is 42.7 Å². The van der Waals surface area contributed by atoms with Crippen molar-refractivity contribution in [1.82, 2.24) is 4.98 Å². The van der Waals surface area contributed by atoms with Gasteiger partial charge in [0.2, 0.25) is 5.91 Å². The number of carbonyl (C=O) groups excluding carboxylic acids is 2. The van der Waals surface area contributed by atoms with E-state index in [-0.39, 0.29) is 25.0 Å². The maximum atomic E-state index is 12.1. The third-order valence-electron chi connectivity index (χ3n) is 3.13. The van der Waals surface area contributed by atoms with E-state index < -0.39 is 0 Å². The fourth-order valence-electron chi connectivity index (χ4n) is 2.13. The minimum Gasteiger partial charge on any atom is -0.482 e. The van der Waals surface area contributed by atoms with Gasteiger partial charge in [-0.2, -0.15) is 0 Å². The third kappa shape index (κ3) is 3.01. The van der Waals surface area contributed by atoms with E-state index in [9.17, 15) is 9.59 Å². The number of halogens is 1. The predicted octanol–water partition coefficient (Wildman–Crippen LogP) is 2.10. The standard InChI is InChI=1S/C15H12ClN3O3/c16-10-1-2-13-12(7-10)19(15(21)9-22-13)8-14(20)18-11-3-5-17-6-4-11/h1-7H,8-9H2,(H,17,18,20). The van der Waals surface area contributed by atoms with Gasteiger partial charge in [0.15, 0.2) is 6.61 Å². The molecular formula is C15H12ClN3O3. The van der Waals surface area contributed by atoms with E-state index in [1.165, 1.54) is 4.90 Å². The minimum atomic E-state index is -0.313. The molecule has 2 aromatic rings. The second kappa shape index (κ2) is 6.03. The van der Waals surface area contributed by atoms with Gasteiger partial charge in [0, 0.05) is 23.1 Å². The first kappa shape index (κ1) is 14.3. The van der Waals surface area contributed by atoms with Gasteiger partial charge in [-0.15, -0.1) is 0 Å². The molecule has 7 heteroatoms. The summed E-state index contributed by atoms with van der Waals surface area (Å²) < 4.78 is 5.33. The van der Waals surface area contributed by atoms with Gasteiger partial charge in [0.25, 0.3) is 5.91 Å². The topological polar surface area (TPSA) is 71.5 Å². The number of rotatable bonds is 3. The quantitative estimate of drug-likeness (QED) is 0.941. The van der Waals surface area contributed by atoms with E-state index in [4.69, 9.17) is 16.3 Å². The van der Waals surface area contributed by atoms with Crippen LogP contribution in [0.5, 0.6) is 5.75 Å². The summed E-state index contributed by atoms with van der Waals surface area (Å²) in [5.41, 5.74) is 1.11.